The van der Waals surface area contributed by atoms with Crippen molar-refractivity contribution in [1.82, 2.24) is 5.32 Å². The molecule has 1 amide bonds. The molecular formula is C17H23NO3. The van der Waals surface area contributed by atoms with E-state index < -0.39 is 0 Å². The second kappa shape index (κ2) is 7.84. The van der Waals surface area contributed by atoms with Gasteiger partial charge in [0, 0.05) is 18.7 Å². The van der Waals surface area contributed by atoms with Crippen molar-refractivity contribution in [2.24, 2.45) is 0 Å². The van der Waals surface area contributed by atoms with Gasteiger partial charge in [0.15, 0.2) is 0 Å². The Hall–Kier alpha value is -1.81. The van der Waals surface area contributed by atoms with E-state index in [1.165, 1.54) is 6.42 Å². The van der Waals surface area contributed by atoms with Crippen molar-refractivity contribution in [2.45, 2.75) is 32.3 Å². The quantitative estimate of drug-likeness (QED) is 0.819. The fourth-order valence-corrected chi connectivity index (χ4v) is 2.19. The average Bonchev–Trinajstić information content (AvgIpc) is 2.52. The Morgan fingerprint density at radius 2 is 2.14 bits per heavy atom. The standard InChI is InChI=1S/C17H23NO3/c1-13(2)12-21-15-8-6-14(7-9-15)17(19)18-11-16-5-3-4-10-20-16/h6-9,16H,1,3-5,10-12H2,2H3,(H,18,19). The molecule has 1 fully saturated rings. The number of hydrogen-bond donors (Lipinski definition) is 1. The highest BCUT2D eigenvalue weighted by Gasteiger charge is 2.15. The van der Waals surface area contributed by atoms with Crippen LogP contribution in [0.2, 0.25) is 0 Å². The molecule has 0 bridgehead atoms. The Morgan fingerprint density at radius 1 is 1.38 bits per heavy atom. The third kappa shape index (κ3) is 5.23. The van der Waals surface area contributed by atoms with Crippen molar-refractivity contribution >= 4 is 5.91 Å². The first-order valence-corrected chi connectivity index (χ1v) is 7.42. The summed E-state index contributed by atoms with van der Waals surface area (Å²) in [7, 11) is 0. The van der Waals surface area contributed by atoms with E-state index in [0.717, 1.165) is 30.8 Å². The zero-order chi connectivity index (χ0) is 15.1. The molecule has 114 valence electrons. The maximum absolute atomic E-state index is 12.0. The average molecular weight is 289 g/mol. The Bertz CT molecular complexity index is 475. The van der Waals surface area contributed by atoms with E-state index in [-0.39, 0.29) is 12.0 Å². The molecule has 4 heteroatoms. The SMILES string of the molecule is C=C(C)COc1ccc(C(=O)NCC2CCCCO2)cc1. The lowest BCUT2D eigenvalue weighted by molar-refractivity contribution is 0.0169. The lowest BCUT2D eigenvalue weighted by Gasteiger charge is -2.22. The normalized spacial score (nSPS) is 18.0. The molecule has 1 atom stereocenters. The van der Waals surface area contributed by atoms with Crippen LogP contribution in [-0.4, -0.2) is 31.8 Å². The molecule has 1 aliphatic rings. The molecule has 1 aliphatic heterocycles. The van der Waals surface area contributed by atoms with Crippen molar-refractivity contribution in [1.29, 1.82) is 0 Å². The number of benzene rings is 1. The fraction of sp³-hybridized carbons (Fsp3) is 0.471. The number of rotatable bonds is 6. The Balaban J connectivity index is 1.80. The minimum absolute atomic E-state index is 0.0735. The van der Waals surface area contributed by atoms with E-state index in [2.05, 4.69) is 11.9 Å². The smallest absolute Gasteiger partial charge is 0.251 e. The van der Waals surface area contributed by atoms with E-state index >= 15 is 0 Å². The van der Waals surface area contributed by atoms with Crippen LogP contribution in [0, 0.1) is 0 Å². The van der Waals surface area contributed by atoms with Gasteiger partial charge < -0.3 is 14.8 Å². The van der Waals surface area contributed by atoms with Gasteiger partial charge >= 0.3 is 0 Å². The number of amides is 1. The minimum atomic E-state index is -0.0735. The first-order chi connectivity index (χ1) is 10.1. The second-order valence-corrected chi connectivity index (χ2v) is 5.47. The van der Waals surface area contributed by atoms with E-state index in [4.69, 9.17) is 9.47 Å². The molecule has 1 saturated heterocycles. The summed E-state index contributed by atoms with van der Waals surface area (Å²) >= 11 is 0. The topological polar surface area (TPSA) is 47.6 Å². The van der Waals surface area contributed by atoms with Crippen molar-refractivity contribution in [2.75, 3.05) is 19.8 Å². The monoisotopic (exact) mass is 289 g/mol. The van der Waals surface area contributed by atoms with Gasteiger partial charge in [0.05, 0.1) is 6.10 Å². The number of ether oxygens (including phenoxy) is 2. The molecule has 1 N–H and O–H groups in total. The zero-order valence-electron chi connectivity index (χ0n) is 12.6. The molecule has 21 heavy (non-hydrogen) atoms. The van der Waals surface area contributed by atoms with Crippen LogP contribution >= 0.6 is 0 Å². The van der Waals surface area contributed by atoms with E-state index in [0.29, 0.717) is 18.7 Å². The molecule has 0 aromatic heterocycles. The molecule has 1 aromatic carbocycles. The Morgan fingerprint density at radius 3 is 2.76 bits per heavy atom. The third-order valence-corrected chi connectivity index (χ3v) is 3.37. The van der Waals surface area contributed by atoms with Crippen LogP contribution in [0.5, 0.6) is 5.75 Å². The summed E-state index contributed by atoms with van der Waals surface area (Å²) in [6.07, 6.45) is 3.47. The predicted molar refractivity (Wildman–Crippen MR) is 82.7 cm³/mol. The van der Waals surface area contributed by atoms with Gasteiger partial charge in [0.1, 0.15) is 12.4 Å². The Kier molecular flexibility index (Phi) is 5.81. The molecular weight excluding hydrogens is 266 g/mol. The van der Waals surface area contributed by atoms with E-state index in [9.17, 15) is 4.79 Å². The van der Waals surface area contributed by atoms with E-state index in [1.54, 1.807) is 24.3 Å². The summed E-state index contributed by atoms with van der Waals surface area (Å²) < 4.78 is 11.1. The highest BCUT2D eigenvalue weighted by atomic mass is 16.5. The summed E-state index contributed by atoms with van der Waals surface area (Å²) in [5, 5.41) is 2.92. The lowest BCUT2D eigenvalue weighted by atomic mass is 10.1. The van der Waals surface area contributed by atoms with Gasteiger partial charge in [-0.3, -0.25) is 4.79 Å². The molecule has 0 saturated carbocycles. The van der Waals surface area contributed by atoms with Gasteiger partial charge in [0.2, 0.25) is 0 Å². The first kappa shape index (κ1) is 15.6. The molecule has 0 spiro atoms. The number of hydrogen-bond acceptors (Lipinski definition) is 3. The summed E-state index contributed by atoms with van der Waals surface area (Å²) in [5.74, 6) is 0.667. The fourth-order valence-electron chi connectivity index (χ4n) is 2.19. The summed E-state index contributed by atoms with van der Waals surface area (Å²) in [5.41, 5.74) is 1.60. The van der Waals surface area contributed by atoms with Gasteiger partial charge in [-0.1, -0.05) is 6.58 Å². The minimum Gasteiger partial charge on any atom is -0.489 e. The molecule has 1 heterocycles. The van der Waals surface area contributed by atoms with Gasteiger partial charge in [-0.05, 0) is 56.0 Å². The number of nitrogens with one attached hydrogen (secondary N) is 1. The largest absolute Gasteiger partial charge is 0.489 e. The van der Waals surface area contributed by atoms with Crippen LogP contribution in [0.25, 0.3) is 0 Å². The van der Waals surface area contributed by atoms with Gasteiger partial charge in [-0.2, -0.15) is 0 Å². The lowest BCUT2D eigenvalue weighted by Crippen LogP contribution is -2.35. The van der Waals surface area contributed by atoms with Crippen molar-refractivity contribution in [3.63, 3.8) is 0 Å². The van der Waals surface area contributed by atoms with Crippen LogP contribution in [0.3, 0.4) is 0 Å². The van der Waals surface area contributed by atoms with E-state index in [1.807, 2.05) is 6.92 Å². The molecule has 4 nitrogen and oxygen atoms in total. The van der Waals surface area contributed by atoms with Crippen LogP contribution in [0.1, 0.15) is 36.5 Å². The first-order valence-electron chi connectivity index (χ1n) is 7.42. The maximum atomic E-state index is 12.0. The third-order valence-electron chi connectivity index (χ3n) is 3.37. The summed E-state index contributed by atoms with van der Waals surface area (Å²) in [4.78, 5) is 12.0. The van der Waals surface area contributed by atoms with Crippen LogP contribution in [0.15, 0.2) is 36.4 Å². The summed E-state index contributed by atoms with van der Waals surface area (Å²) in [6.45, 7) is 7.56. The molecule has 1 unspecified atom stereocenters. The summed E-state index contributed by atoms with van der Waals surface area (Å²) in [6, 6.07) is 7.14. The van der Waals surface area contributed by atoms with Gasteiger partial charge in [-0.25, -0.2) is 0 Å². The van der Waals surface area contributed by atoms with Crippen LogP contribution in [-0.2, 0) is 4.74 Å². The van der Waals surface area contributed by atoms with Crippen LogP contribution < -0.4 is 10.1 Å². The highest BCUT2D eigenvalue weighted by Crippen LogP contribution is 2.14. The maximum Gasteiger partial charge on any atom is 0.251 e. The van der Waals surface area contributed by atoms with Gasteiger partial charge in [0.25, 0.3) is 5.91 Å². The molecule has 2 rings (SSSR count). The van der Waals surface area contributed by atoms with Crippen LogP contribution in [0.4, 0.5) is 0 Å². The Labute approximate surface area is 126 Å². The van der Waals surface area contributed by atoms with Crippen molar-refractivity contribution < 1.29 is 14.3 Å². The predicted octanol–water partition coefficient (Wildman–Crippen LogP) is 2.94. The number of carbonyl (C=O) groups is 1. The van der Waals surface area contributed by atoms with Gasteiger partial charge in [-0.15, -0.1) is 0 Å². The molecule has 1 aromatic rings. The zero-order valence-corrected chi connectivity index (χ0v) is 12.6. The molecule has 0 aliphatic carbocycles. The number of carbonyl (C=O) groups excluding carboxylic acids is 1. The highest BCUT2D eigenvalue weighted by molar-refractivity contribution is 5.94. The van der Waals surface area contributed by atoms with Crippen molar-refractivity contribution in [3.05, 3.63) is 42.0 Å². The second-order valence-electron chi connectivity index (χ2n) is 5.47. The van der Waals surface area contributed by atoms with Crippen molar-refractivity contribution in [3.8, 4) is 5.75 Å². The molecule has 0 radical (unpaired) electrons.